The molecular formula is C12H14Br2N2O3. The Labute approximate surface area is 125 Å². The van der Waals surface area contributed by atoms with Gasteiger partial charge in [0, 0.05) is 11.9 Å². The van der Waals surface area contributed by atoms with Crippen molar-refractivity contribution in [2.24, 2.45) is 0 Å². The predicted octanol–water partition coefficient (Wildman–Crippen LogP) is 0.884. The van der Waals surface area contributed by atoms with Crippen LogP contribution in [0.3, 0.4) is 0 Å². The molecule has 5 nitrogen and oxygen atoms in total. The maximum Gasteiger partial charge on any atom is 0.433 e. The first kappa shape index (κ1) is 16.3. The van der Waals surface area contributed by atoms with Crippen molar-refractivity contribution < 1.29 is 27.4 Å². The minimum Gasteiger partial charge on any atom is -0.372 e. The van der Waals surface area contributed by atoms with E-state index in [1.54, 1.807) is 0 Å². The second kappa shape index (κ2) is 8.44. The van der Waals surface area contributed by atoms with E-state index in [4.69, 9.17) is 12.6 Å². The van der Waals surface area contributed by atoms with Crippen LogP contribution in [0.15, 0.2) is 34.8 Å². The lowest BCUT2D eigenvalue weighted by molar-refractivity contribution is -1.63. The summed E-state index contributed by atoms with van der Waals surface area (Å²) in [5, 5.41) is 4.46. The molecule has 0 unspecified atom stereocenters. The van der Waals surface area contributed by atoms with E-state index in [1.807, 2.05) is 18.2 Å². The van der Waals surface area contributed by atoms with Gasteiger partial charge >= 0.3 is 14.8 Å². The summed E-state index contributed by atoms with van der Waals surface area (Å²) >= 11 is 0.127. The van der Waals surface area contributed by atoms with Gasteiger partial charge in [-0.25, -0.2) is 4.98 Å². The Morgan fingerprint density at radius 2 is 2.00 bits per heavy atom. The lowest BCUT2D eigenvalue weighted by atomic mass is 10.2. The van der Waals surface area contributed by atoms with Gasteiger partial charge in [0.2, 0.25) is 0 Å². The van der Waals surface area contributed by atoms with E-state index in [1.165, 1.54) is 0 Å². The standard InChI is InChI=1S/C12H13BrN2.BrHO3/c1-2-7-14-12-10(13)8-9-5-3-4-6-11(9)15-12;2-1(3)4/h3-6,8H,2,7H2,1H3,(H,14,15);2H. The summed E-state index contributed by atoms with van der Waals surface area (Å²) in [6, 6.07) is 10.2. The Hall–Kier alpha value is -0.730. The number of fused-ring (bicyclic) bond motifs is 1. The Morgan fingerprint density at radius 1 is 1.37 bits per heavy atom. The van der Waals surface area contributed by atoms with Gasteiger partial charge in [-0.05, 0) is 38.7 Å². The zero-order valence-corrected chi connectivity index (χ0v) is 13.4. The molecule has 0 aliphatic carbocycles. The van der Waals surface area contributed by atoms with Crippen molar-refractivity contribution in [1.82, 2.24) is 4.98 Å². The van der Waals surface area contributed by atoms with Crippen molar-refractivity contribution >= 4 is 32.7 Å². The molecule has 1 heterocycles. The molecule has 0 radical (unpaired) electrons. The first-order chi connectivity index (χ1) is 9.04. The van der Waals surface area contributed by atoms with Crippen molar-refractivity contribution in [1.29, 1.82) is 0 Å². The quantitative estimate of drug-likeness (QED) is 0.807. The van der Waals surface area contributed by atoms with Crippen LogP contribution in [0.5, 0.6) is 0 Å². The number of para-hydroxylation sites is 1. The van der Waals surface area contributed by atoms with Crippen LogP contribution >= 0.6 is 15.9 Å². The molecule has 0 amide bonds. The van der Waals surface area contributed by atoms with E-state index in [2.05, 4.69) is 45.3 Å². The fourth-order valence-electron chi connectivity index (χ4n) is 1.46. The minimum absolute atomic E-state index is 0.926. The van der Waals surface area contributed by atoms with Crippen LogP contribution in [0.25, 0.3) is 10.9 Å². The van der Waals surface area contributed by atoms with E-state index in [9.17, 15) is 0 Å². The molecule has 0 aliphatic rings. The molecule has 1 aromatic heterocycles. The van der Waals surface area contributed by atoms with Crippen molar-refractivity contribution in [3.05, 3.63) is 34.8 Å². The first-order valence-corrected chi connectivity index (χ1v) is 8.38. The number of nitrogens with zero attached hydrogens (tertiary/aromatic N) is 1. The SMILES string of the molecule is CCCNc1nc2ccccc2cc1Br.[O-][Br+2]([O-])O. The zero-order valence-electron chi connectivity index (χ0n) is 10.3. The summed E-state index contributed by atoms with van der Waals surface area (Å²) in [5.41, 5.74) is 1.03. The van der Waals surface area contributed by atoms with Crippen molar-refractivity contribution in [3.8, 4) is 0 Å². The molecule has 0 atom stereocenters. The maximum atomic E-state index is 8.63. The van der Waals surface area contributed by atoms with E-state index in [0.717, 1.165) is 34.2 Å². The van der Waals surface area contributed by atoms with Gasteiger partial charge in [0.25, 0.3) is 0 Å². The van der Waals surface area contributed by atoms with E-state index in [0.29, 0.717) is 0 Å². The van der Waals surface area contributed by atoms with Gasteiger partial charge in [0.1, 0.15) is 5.82 Å². The minimum atomic E-state index is -3.40. The van der Waals surface area contributed by atoms with Crippen LogP contribution in [-0.4, -0.2) is 15.7 Å². The van der Waals surface area contributed by atoms with Gasteiger partial charge < -0.3 is 13.7 Å². The number of rotatable bonds is 3. The maximum absolute atomic E-state index is 8.63. The summed E-state index contributed by atoms with van der Waals surface area (Å²) in [6.45, 7) is 3.09. The molecule has 1 aromatic carbocycles. The lowest BCUT2D eigenvalue weighted by Crippen LogP contribution is -2.30. The highest BCUT2D eigenvalue weighted by Gasteiger charge is 2.02. The van der Waals surface area contributed by atoms with Gasteiger partial charge in [-0.2, -0.15) is 0 Å². The summed E-state index contributed by atoms with van der Waals surface area (Å²) < 4.78 is 25.3. The van der Waals surface area contributed by atoms with Crippen LogP contribution in [0, 0.1) is 14.8 Å². The molecule has 19 heavy (non-hydrogen) atoms. The molecule has 2 N–H and O–H groups in total. The molecule has 104 valence electrons. The number of pyridine rings is 1. The van der Waals surface area contributed by atoms with Gasteiger partial charge in [-0.3, -0.25) is 0 Å². The smallest absolute Gasteiger partial charge is 0.372 e. The number of benzene rings is 1. The Balaban J connectivity index is 0.000000399. The fraction of sp³-hybridized carbons (Fsp3) is 0.250. The van der Waals surface area contributed by atoms with Crippen LogP contribution in [0.2, 0.25) is 0 Å². The number of halogens is 2. The van der Waals surface area contributed by atoms with Crippen LogP contribution in [-0.2, 0) is 0 Å². The second-order valence-electron chi connectivity index (χ2n) is 3.64. The van der Waals surface area contributed by atoms with Gasteiger partial charge in [-0.15, -0.1) is 0 Å². The first-order valence-electron chi connectivity index (χ1n) is 5.58. The monoisotopic (exact) mass is 392 g/mol. The number of hydrogen-bond donors (Lipinski definition) is 2. The third-order valence-electron chi connectivity index (χ3n) is 2.22. The molecule has 0 fully saturated rings. The molecule has 0 saturated carbocycles. The Bertz CT molecular complexity index is 521. The fourth-order valence-corrected chi connectivity index (χ4v) is 1.93. The molecular weight excluding hydrogens is 380 g/mol. The molecule has 2 rings (SSSR count). The lowest BCUT2D eigenvalue weighted by Gasteiger charge is -2.07. The highest BCUT2D eigenvalue weighted by Crippen LogP contribution is 2.24. The number of anilines is 1. The van der Waals surface area contributed by atoms with Crippen molar-refractivity contribution in [3.63, 3.8) is 0 Å². The summed E-state index contributed by atoms with van der Waals surface area (Å²) in [4.78, 5) is 4.55. The van der Waals surface area contributed by atoms with Gasteiger partial charge in [0.05, 0.1) is 9.99 Å². The number of nitrogens with one attached hydrogen (secondary N) is 1. The van der Waals surface area contributed by atoms with Gasteiger partial charge in [-0.1, -0.05) is 25.1 Å². The molecule has 0 aliphatic heterocycles. The summed E-state index contributed by atoms with van der Waals surface area (Å²) in [6.07, 6.45) is 1.10. The topological polar surface area (TPSA) is 91.3 Å². The highest BCUT2D eigenvalue weighted by molar-refractivity contribution is 9.10. The third-order valence-corrected chi connectivity index (χ3v) is 2.82. The third kappa shape index (κ3) is 5.84. The average Bonchev–Trinajstić information content (AvgIpc) is 2.35. The Morgan fingerprint density at radius 3 is 2.63 bits per heavy atom. The predicted molar refractivity (Wildman–Crippen MR) is 70.4 cm³/mol. The molecule has 0 spiro atoms. The van der Waals surface area contributed by atoms with Crippen LogP contribution in [0.1, 0.15) is 13.3 Å². The number of aromatic nitrogens is 1. The van der Waals surface area contributed by atoms with Crippen LogP contribution < -0.4 is 13.7 Å². The molecule has 0 saturated heterocycles. The van der Waals surface area contributed by atoms with Gasteiger partial charge in [0.15, 0.2) is 0 Å². The van der Waals surface area contributed by atoms with E-state index < -0.39 is 14.8 Å². The Kier molecular flexibility index (Phi) is 7.25. The van der Waals surface area contributed by atoms with Crippen molar-refractivity contribution in [2.75, 3.05) is 11.9 Å². The van der Waals surface area contributed by atoms with E-state index >= 15 is 0 Å². The largest absolute Gasteiger partial charge is 0.433 e. The highest BCUT2D eigenvalue weighted by atomic mass is 80.0. The molecule has 7 heteroatoms. The normalized spacial score (nSPS) is 10.2. The second-order valence-corrected chi connectivity index (χ2v) is 5.34. The van der Waals surface area contributed by atoms with Crippen LogP contribution in [0.4, 0.5) is 5.82 Å². The zero-order chi connectivity index (χ0) is 14.3. The molecule has 2 aromatic rings. The average molecular weight is 394 g/mol. The summed E-state index contributed by atoms with van der Waals surface area (Å²) in [7, 11) is 0. The van der Waals surface area contributed by atoms with E-state index in [-0.39, 0.29) is 0 Å². The number of hydrogen-bond acceptors (Lipinski definition) is 5. The summed E-state index contributed by atoms with van der Waals surface area (Å²) in [5.74, 6) is 0.926. The molecule has 0 bridgehead atoms. The van der Waals surface area contributed by atoms with Crippen molar-refractivity contribution in [2.45, 2.75) is 13.3 Å².